The molecule has 2 amide bonds. The third-order valence-electron chi connectivity index (χ3n) is 2.85. The number of nitrogens with zero attached hydrogens (tertiary/aromatic N) is 1. The van der Waals surface area contributed by atoms with Gasteiger partial charge >= 0.3 is 0 Å². The van der Waals surface area contributed by atoms with Crippen LogP contribution in [0, 0.1) is 23.3 Å². The van der Waals surface area contributed by atoms with Crippen LogP contribution in [0.5, 0.6) is 0 Å². The van der Waals surface area contributed by atoms with E-state index in [4.69, 9.17) is 0 Å². The van der Waals surface area contributed by atoms with Gasteiger partial charge in [0.05, 0.1) is 0 Å². The molecule has 0 atom stereocenters. The number of carbonyl (C=O) groups is 2. The number of hydrogen-bond acceptors (Lipinski definition) is 2. The zero-order chi connectivity index (χ0) is 16.2. The number of hydrogen-bond donors (Lipinski definition) is 1. The van der Waals surface area contributed by atoms with E-state index in [1.54, 1.807) is 0 Å². The quantitative estimate of drug-likeness (QED) is 0.666. The van der Waals surface area contributed by atoms with Crippen molar-refractivity contribution in [2.24, 2.45) is 0 Å². The van der Waals surface area contributed by atoms with Crippen LogP contribution in [0.15, 0.2) is 6.07 Å². The van der Waals surface area contributed by atoms with Crippen molar-refractivity contribution < 1.29 is 27.2 Å². The van der Waals surface area contributed by atoms with E-state index in [-0.39, 0.29) is 31.4 Å². The Labute approximate surface area is 118 Å². The summed E-state index contributed by atoms with van der Waals surface area (Å²) in [5.41, 5.74) is -1.28. The van der Waals surface area contributed by atoms with Crippen molar-refractivity contribution in [2.75, 3.05) is 20.6 Å². The summed E-state index contributed by atoms with van der Waals surface area (Å²) in [7, 11) is 2.66. The topological polar surface area (TPSA) is 49.4 Å². The Morgan fingerprint density at radius 2 is 1.67 bits per heavy atom. The first-order chi connectivity index (χ1) is 9.79. The SMILES string of the molecule is CNC(=O)CCCN(C)C(=O)c1c(F)c(F)cc(F)c1F. The zero-order valence-corrected chi connectivity index (χ0v) is 11.5. The molecule has 1 rings (SSSR count). The molecule has 0 aliphatic heterocycles. The molecule has 0 radical (unpaired) electrons. The highest BCUT2D eigenvalue weighted by molar-refractivity contribution is 5.94. The highest BCUT2D eigenvalue weighted by Crippen LogP contribution is 2.20. The number of amides is 2. The van der Waals surface area contributed by atoms with E-state index in [1.165, 1.54) is 14.1 Å². The van der Waals surface area contributed by atoms with Gasteiger partial charge in [0.1, 0.15) is 5.56 Å². The Morgan fingerprint density at radius 3 is 2.14 bits per heavy atom. The molecular formula is C13H14F4N2O2. The normalized spacial score (nSPS) is 10.4. The summed E-state index contributed by atoms with van der Waals surface area (Å²) in [4.78, 5) is 23.7. The first kappa shape index (κ1) is 16.9. The monoisotopic (exact) mass is 306 g/mol. The van der Waals surface area contributed by atoms with Gasteiger partial charge in [-0.25, -0.2) is 17.6 Å². The van der Waals surface area contributed by atoms with Crippen LogP contribution in [-0.4, -0.2) is 37.4 Å². The molecule has 4 nitrogen and oxygen atoms in total. The summed E-state index contributed by atoms with van der Waals surface area (Å²) in [6.45, 7) is 0.00324. The maximum atomic E-state index is 13.5. The molecule has 0 saturated carbocycles. The van der Waals surface area contributed by atoms with E-state index < -0.39 is 34.7 Å². The van der Waals surface area contributed by atoms with Crippen molar-refractivity contribution in [3.63, 3.8) is 0 Å². The summed E-state index contributed by atoms with van der Waals surface area (Å²) >= 11 is 0. The number of nitrogens with one attached hydrogen (secondary N) is 1. The van der Waals surface area contributed by atoms with E-state index in [0.717, 1.165) is 4.90 Å². The van der Waals surface area contributed by atoms with E-state index in [0.29, 0.717) is 0 Å². The van der Waals surface area contributed by atoms with Crippen LogP contribution in [0.3, 0.4) is 0 Å². The Balaban J connectivity index is 2.86. The van der Waals surface area contributed by atoms with Gasteiger partial charge in [-0.2, -0.15) is 0 Å². The number of carbonyl (C=O) groups excluding carboxylic acids is 2. The molecule has 116 valence electrons. The molecular weight excluding hydrogens is 292 g/mol. The van der Waals surface area contributed by atoms with E-state index in [2.05, 4.69) is 5.32 Å². The predicted molar refractivity (Wildman–Crippen MR) is 66.5 cm³/mol. The molecule has 0 saturated heterocycles. The van der Waals surface area contributed by atoms with Gasteiger partial charge in [0.15, 0.2) is 23.3 Å². The minimum Gasteiger partial charge on any atom is -0.359 e. The van der Waals surface area contributed by atoms with Crippen molar-refractivity contribution in [2.45, 2.75) is 12.8 Å². The maximum Gasteiger partial charge on any atom is 0.259 e. The van der Waals surface area contributed by atoms with Crippen molar-refractivity contribution in [3.8, 4) is 0 Å². The van der Waals surface area contributed by atoms with Gasteiger partial charge < -0.3 is 10.2 Å². The lowest BCUT2D eigenvalue weighted by molar-refractivity contribution is -0.120. The third kappa shape index (κ3) is 3.93. The second-order valence-corrected chi connectivity index (χ2v) is 4.35. The van der Waals surface area contributed by atoms with Crippen molar-refractivity contribution in [1.82, 2.24) is 10.2 Å². The molecule has 0 heterocycles. The first-order valence-corrected chi connectivity index (χ1v) is 6.08. The fourth-order valence-electron chi connectivity index (χ4n) is 1.66. The summed E-state index contributed by atoms with van der Waals surface area (Å²) < 4.78 is 53.0. The summed E-state index contributed by atoms with van der Waals surface area (Å²) in [6, 6.07) is 0.0348. The van der Waals surface area contributed by atoms with Gasteiger partial charge in [0.25, 0.3) is 5.91 Å². The molecule has 1 aromatic carbocycles. The number of halogens is 4. The molecule has 8 heteroatoms. The van der Waals surface area contributed by atoms with Crippen LogP contribution in [0.4, 0.5) is 17.6 Å². The Bertz CT molecular complexity index is 537. The standard InChI is InChI=1S/C13H14F4N2O2/c1-18-9(20)4-3-5-19(2)13(21)10-11(16)7(14)6-8(15)12(10)17/h6H,3-5H2,1-2H3,(H,18,20). The Kier molecular flexibility index (Phi) is 5.69. The first-order valence-electron chi connectivity index (χ1n) is 6.08. The fraction of sp³-hybridized carbons (Fsp3) is 0.385. The van der Waals surface area contributed by atoms with Crippen molar-refractivity contribution >= 4 is 11.8 Å². The maximum absolute atomic E-state index is 13.5. The minimum atomic E-state index is -1.74. The van der Waals surface area contributed by atoms with Crippen LogP contribution in [0.2, 0.25) is 0 Å². The molecule has 21 heavy (non-hydrogen) atoms. The highest BCUT2D eigenvalue weighted by atomic mass is 19.2. The molecule has 0 aliphatic rings. The van der Waals surface area contributed by atoms with Crippen LogP contribution in [-0.2, 0) is 4.79 Å². The lowest BCUT2D eigenvalue weighted by Crippen LogP contribution is -2.31. The van der Waals surface area contributed by atoms with Crippen molar-refractivity contribution in [1.29, 1.82) is 0 Å². The van der Waals surface area contributed by atoms with Crippen LogP contribution < -0.4 is 5.32 Å². The van der Waals surface area contributed by atoms with Crippen LogP contribution in [0.1, 0.15) is 23.2 Å². The average Bonchev–Trinajstić information content (AvgIpc) is 2.44. The van der Waals surface area contributed by atoms with E-state index in [9.17, 15) is 27.2 Å². The lowest BCUT2D eigenvalue weighted by Gasteiger charge is -2.18. The largest absolute Gasteiger partial charge is 0.359 e. The molecule has 0 fully saturated rings. The lowest BCUT2D eigenvalue weighted by atomic mass is 10.1. The van der Waals surface area contributed by atoms with Gasteiger partial charge in [0.2, 0.25) is 5.91 Å². The molecule has 0 aliphatic carbocycles. The highest BCUT2D eigenvalue weighted by Gasteiger charge is 2.26. The smallest absolute Gasteiger partial charge is 0.259 e. The third-order valence-corrected chi connectivity index (χ3v) is 2.85. The number of rotatable bonds is 5. The Morgan fingerprint density at radius 1 is 1.14 bits per heavy atom. The van der Waals surface area contributed by atoms with Crippen molar-refractivity contribution in [3.05, 3.63) is 34.9 Å². The molecule has 0 spiro atoms. The van der Waals surface area contributed by atoms with Gasteiger partial charge in [-0.1, -0.05) is 0 Å². The van der Waals surface area contributed by atoms with Gasteiger partial charge in [-0.05, 0) is 6.42 Å². The minimum absolute atomic E-state index is 0.00324. The second kappa shape index (κ2) is 7.05. The van der Waals surface area contributed by atoms with Gasteiger partial charge in [-0.15, -0.1) is 0 Å². The fourth-order valence-corrected chi connectivity index (χ4v) is 1.66. The summed E-state index contributed by atoms with van der Waals surface area (Å²) in [6.07, 6.45) is 0.347. The van der Waals surface area contributed by atoms with E-state index in [1.807, 2.05) is 0 Å². The second-order valence-electron chi connectivity index (χ2n) is 4.35. The van der Waals surface area contributed by atoms with E-state index >= 15 is 0 Å². The summed E-state index contributed by atoms with van der Waals surface area (Å²) in [5, 5.41) is 2.37. The van der Waals surface area contributed by atoms with Gasteiger partial charge in [-0.3, -0.25) is 9.59 Å². The predicted octanol–water partition coefficient (Wildman–Crippen LogP) is 1.84. The molecule has 0 aromatic heterocycles. The molecule has 1 N–H and O–H groups in total. The van der Waals surface area contributed by atoms with Gasteiger partial charge in [0, 0.05) is 33.1 Å². The summed E-state index contributed by atoms with van der Waals surface area (Å²) in [5.74, 6) is -8.22. The number of benzene rings is 1. The molecule has 0 bridgehead atoms. The molecule has 1 aromatic rings. The zero-order valence-electron chi connectivity index (χ0n) is 11.5. The Hall–Kier alpha value is -2.12. The molecule has 0 unspecified atom stereocenters. The van der Waals surface area contributed by atoms with Crippen LogP contribution >= 0.6 is 0 Å². The van der Waals surface area contributed by atoms with Crippen LogP contribution in [0.25, 0.3) is 0 Å². The average molecular weight is 306 g/mol.